The van der Waals surface area contributed by atoms with Crippen LogP contribution in [0.1, 0.15) is 29.9 Å². The van der Waals surface area contributed by atoms with Crippen molar-refractivity contribution in [3.05, 3.63) is 29.5 Å². The summed E-state index contributed by atoms with van der Waals surface area (Å²) in [5.74, 6) is 0.0535. The average Bonchev–Trinajstić information content (AvgIpc) is 2.86. The number of benzene rings is 1. The summed E-state index contributed by atoms with van der Waals surface area (Å²) in [6, 6.07) is 5.60. The summed E-state index contributed by atoms with van der Waals surface area (Å²) < 4.78 is 5.76. The second-order valence-corrected chi connectivity index (χ2v) is 5.27. The standard InChI is InChI=1S/C15H20N4O2/c1-8(2)21-12-6-5-9(3)10-7-11(18-13(10)12)14(20)19(4)15(16)17/h5-8,18H,1-4H3,(H3,16,17). The SMILES string of the molecule is Cc1ccc(OC(C)C)c2[nH]c(C(=O)N(C)C(=N)N)cc12. The third kappa shape index (κ3) is 2.84. The van der Waals surface area contributed by atoms with Crippen LogP contribution in [0.5, 0.6) is 5.75 Å². The molecule has 0 spiro atoms. The van der Waals surface area contributed by atoms with Crippen molar-refractivity contribution in [3.8, 4) is 5.75 Å². The number of carbonyl (C=O) groups is 1. The summed E-state index contributed by atoms with van der Waals surface area (Å²) in [7, 11) is 1.47. The van der Waals surface area contributed by atoms with Crippen molar-refractivity contribution in [3.63, 3.8) is 0 Å². The predicted octanol–water partition coefficient (Wildman–Crippen LogP) is 2.23. The van der Waals surface area contributed by atoms with Crippen LogP contribution < -0.4 is 10.5 Å². The maximum atomic E-state index is 12.2. The molecule has 6 nitrogen and oxygen atoms in total. The quantitative estimate of drug-likeness (QED) is 0.597. The van der Waals surface area contributed by atoms with Crippen molar-refractivity contribution in [2.75, 3.05) is 7.05 Å². The molecular weight excluding hydrogens is 268 g/mol. The number of nitrogens with one attached hydrogen (secondary N) is 2. The Kier molecular flexibility index (Phi) is 3.88. The highest BCUT2D eigenvalue weighted by Gasteiger charge is 2.18. The summed E-state index contributed by atoms with van der Waals surface area (Å²) in [6.07, 6.45) is 0.0400. The number of nitrogens with two attached hydrogens (primary N) is 1. The third-order valence-electron chi connectivity index (χ3n) is 3.23. The maximum Gasteiger partial charge on any atom is 0.276 e. The largest absolute Gasteiger partial charge is 0.489 e. The Morgan fingerprint density at radius 3 is 2.67 bits per heavy atom. The van der Waals surface area contributed by atoms with Crippen LogP contribution in [0.15, 0.2) is 18.2 Å². The fraction of sp³-hybridized carbons (Fsp3) is 0.333. The molecule has 0 atom stereocenters. The van der Waals surface area contributed by atoms with E-state index in [0.717, 1.165) is 21.4 Å². The van der Waals surface area contributed by atoms with E-state index in [9.17, 15) is 4.79 Å². The van der Waals surface area contributed by atoms with Gasteiger partial charge in [-0.15, -0.1) is 0 Å². The van der Waals surface area contributed by atoms with Crippen LogP contribution in [0, 0.1) is 12.3 Å². The van der Waals surface area contributed by atoms with Gasteiger partial charge in [-0.1, -0.05) is 6.07 Å². The van der Waals surface area contributed by atoms with Crippen LogP contribution in [0.4, 0.5) is 0 Å². The van der Waals surface area contributed by atoms with Gasteiger partial charge >= 0.3 is 0 Å². The second kappa shape index (κ2) is 5.47. The van der Waals surface area contributed by atoms with Crippen molar-refractivity contribution < 1.29 is 9.53 Å². The molecule has 0 saturated heterocycles. The van der Waals surface area contributed by atoms with Crippen LogP contribution in [0.2, 0.25) is 0 Å². The van der Waals surface area contributed by atoms with E-state index in [-0.39, 0.29) is 18.0 Å². The second-order valence-electron chi connectivity index (χ2n) is 5.27. The minimum atomic E-state index is -0.353. The molecule has 0 aliphatic rings. The van der Waals surface area contributed by atoms with Gasteiger partial charge in [-0.3, -0.25) is 15.1 Å². The molecule has 0 fully saturated rings. The first-order valence-corrected chi connectivity index (χ1v) is 6.72. The number of aryl methyl sites for hydroxylation is 1. The summed E-state index contributed by atoms with van der Waals surface area (Å²) in [6.45, 7) is 5.87. The molecule has 0 unspecified atom stereocenters. The van der Waals surface area contributed by atoms with E-state index in [1.165, 1.54) is 7.05 Å². The zero-order chi connectivity index (χ0) is 15.7. The number of aromatic nitrogens is 1. The summed E-state index contributed by atoms with van der Waals surface area (Å²) in [4.78, 5) is 16.4. The highest BCUT2D eigenvalue weighted by molar-refractivity contribution is 6.06. The number of guanidine groups is 1. The summed E-state index contributed by atoms with van der Waals surface area (Å²) >= 11 is 0. The first-order valence-electron chi connectivity index (χ1n) is 6.72. The highest BCUT2D eigenvalue weighted by atomic mass is 16.5. The summed E-state index contributed by atoms with van der Waals surface area (Å²) in [5.41, 5.74) is 7.55. The van der Waals surface area contributed by atoms with E-state index in [2.05, 4.69) is 4.98 Å². The van der Waals surface area contributed by atoms with Gasteiger partial charge in [-0.2, -0.15) is 0 Å². The van der Waals surface area contributed by atoms with E-state index in [1.54, 1.807) is 6.07 Å². The molecule has 2 aromatic rings. The van der Waals surface area contributed by atoms with Crippen molar-refractivity contribution in [1.82, 2.24) is 9.88 Å². The molecule has 112 valence electrons. The Hall–Kier alpha value is -2.50. The fourth-order valence-electron chi connectivity index (χ4n) is 2.09. The molecule has 1 amide bonds. The van der Waals surface area contributed by atoms with Crippen LogP contribution in [0.3, 0.4) is 0 Å². The Bertz CT molecular complexity index is 703. The van der Waals surface area contributed by atoms with E-state index >= 15 is 0 Å². The maximum absolute atomic E-state index is 12.2. The van der Waals surface area contributed by atoms with Gasteiger partial charge in [0, 0.05) is 12.4 Å². The number of nitrogens with zero attached hydrogens (tertiary/aromatic N) is 1. The smallest absolute Gasteiger partial charge is 0.276 e. The van der Waals surface area contributed by atoms with E-state index < -0.39 is 0 Å². The Labute approximate surface area is 123 Å². The van der Waals surface area contributed by atoms with Crippen LogP contribution in [0.25, 0.3) is 10.9 Å². The zero-order valence-electron chi connectivity index (χ0n) is 12.7. The van der Waals surface area contributed by atoms with E-state index in [4.69, 9.17) is 15.9 Å². The van der Waals surface area contributed by atoms with Crippen LogP contribution in [-0.4, -0.2) is 34.9 Å². The van der Waals surface area contributed by atoms with Crippen molar-refractivity contribution in [2.24, 2.45) is 5.73 Å². The Balaban J connectivity index is 2.52. The molecule has 21 heavy (non-hydrogen) atoms. The molecule has 1 aromatic heterocycles. The number of hydrogen-bond donors (Lipinski definition) is 3. The van der Waals surface area contributed by atoms with Gasteiger partial charge < -0.3 is 15.5 Å². The Morgan fingerprint density at radius 2 is 2.10 bits per heavy atom. The Morgan fingerprint density at radius 1 is 1.43 bits per heavy atom. The number of rotatable bonds is 3. The molecular formula is C15H20N4O2. The van der Waals surface area contributed by atoms with Crippen molar-refractivity contribution in [1.29, 1.82) is 5.41 Å². The number of carbonyl (C=O) groups excluding carboxylic acids is 1. The lowest BCUT2D eigenvalue weighted by molar-refractivity contribution is 0.0864. The molecule has 1 aromatic carbocycles. The van der Waals surface area contributed by atoms with Gasteiger partial charge in [0.1, 0.15) is 11.4 Å². The third-order valence-corrected chi connectivity index (χ3v) is 3.23. The highest BCUT2D eigenvalue weighted by Crippen LogP contribution is 2.29. The summed E-state index contributed by atoms with van der Waals surface area (Å²) in [5, 5.41) is 8.26. The lowest BCUT2D eigenvalue weighted by atomic mass is 10.1. The van der Waals surface area contributed by atoms with E-state index in [1.807, 2.05) is 32.9 Å². The number of H-pyrrole nitrogens is 1. The number of aromatic amines is 1. The lowest BCUT2D eigenvalue weighted by Gasteiger charge is -2.13. The normalized spacial score (nSPS) is 10.9. The molecule has 0 bridgehead atoms. The minimum absolute atomic E-state index is 0.0400. The van der Waals surface area contributed by atoms with Gasteiger partial charge in [0.15, 0.2) is 5.96 Å². The fourth-order valence-corrected chi connectivity index (χ4v) is 2.09. The van der Waals surface area contributed by atoms with Crippen molar-refractivity contribution >= 4 is 22.8 Å². The molecule has 0 radical (unpaired) electrons. The van der Waals surface area contributed by atoms with Gasteiger partial charge in [0.25, 0.3) is 5.91 Å². The minimum Gasteiger partial charge on any atom is -0.489 e. The van der Waals surface area contributed by atoms with E-state index in [0.29, 0.717) is 11.4 Å². The van der Waals surface area contributed by atoms with Crippen LogP contribution in [-0.2, 0) is 0 Å². The average molecular weight is 288 g/mol. The first kappa shape index (κ1) is 14.9. The van der Waals surface area contributed by atoms with Crippen molar-refractivity contribution in [2.45, 2.75) is 26.9 Å². The molecule has 0 aliphatic heterocycles. The predicted molar refractivity (Wildman–Crippen MR) is 82.8 cm³/mol. The first-order chi connectivity index (χ1) is 9.81. The zero-order valence-corrected chi connectivity index (χ0v) is 12.7. The topological polar surface area (TPSA) is 95.2 Å². The monoisotopic (exact) mass is 288 g/mol. The number of ether oxygens (including phenoxy) is 1. The molecule has 4 N–H and O–H groups in total. The van der Waals surface area contributed by atoms with Gasteiger partial charge in [-0.05, 0) is 38.5 Å². The number of hydrogen-bond acceptors (Lipinski definition) is 3. The molecule has 6 heteroatoms. The van der Waals surface area contributed by atoms with Gasteiger partial charge in [0.2, 0.25) is 0 Å². The number of amides is 1. The van der Waals surface area contributed by atoms with Crippen LogP contribution >= 0.6 is 0 Å². The molecule has 0 saturated carbocycles. The van der Waals surface area contributed by atoms with Gasteiger partial charge in [0.05, 0.1) is 11.6 Å². The molecule has 1 heterocycles. The lowest BCUT2D eigenvalue weighted by Crippen LogP contribution is -2.38. The number of fused-ring (bicyclic) bond motifs is 1. The molecule has 0 aliphatic carbocycles. The molecule has 2 rings (SSSR count). The van der Waals surface area contributed by atoms with Gasteiger partial charge in [-0.25, -0.2) is 0 Å².